The fourth-order valence-electron chi connectivity index (χ4n) is 2.97. The van der Waals surface area contributed by atoms with E-state index in [1.54, 1.807) is 18.2 Å². The highest BCUT2D eigenvalue weighted by molar-refractivity contribution is 7.90. The van der Waals surface area contributed by atoms with Gasteiger partial charge >= 0.3 is 6.03 Å². The molecule has 0 fully saturated rings. The largest absolute Gasteiger partial charge is 0.335 e. The lowest BCUT2D eigenvalue weighted by molar-refractivity contribution is 0.245. The molecule has 0 unspecified atom stereocenters. The average Bonchev–Trinajstić information content (AvgIpc) is 2.62. The lowest BCUT2D eigenvalue weighted by Crippen LogP contribution is -2.41. The summed E-state index contributed by atoms with van der Waals surface area (Å²) < 4.78 is 27.6. The minimum absolute atomic E-state index is 0.0100. The summed E-state index contributed by atoms with van der Waals surface area (Å²) in [5.41, 5.74) is 2.62. The molecule has 144 valence electrons. The molecule has 2 aromatic rings. The van der Waals surface area contributed by atoms with Crippen LogP contribution < -0.4 is 15.6 Å². The molecule has 0 aliphatic heterocycles. The zero-order valence-corrected chi connectivity index (χ0v) is 15.9. The number of aryl methyl sites for hydroxylation is 3. The first-order valence-electron chi connectivity index (χ1n) is 8.82. The number of hydrogen-bond donors (Lipinski definition) is 2. The Bertz CT molecular complexity index is 997. The van der Waals surface area contributed by atoms with Gasteiger partial charge in [-0.2, -0.15) is 5.10 Å². The van der Waals surface area contributed by atoms with E-state index in [0.29, 0.717) is 0 Å². The normalized spacial score (nSPS) is 13.7. The summed E-state index contributed by atoms with van der Waals surface area (Å²) in [5.74, 6) is 0. The molecule has 9 heteroatoms. The number of sulfonamides is 1. The Hall–Kier alpha value is -2.68. The fourth-order valence-corrected chi connectivity index (χ4v) is 3.90. The number of amides is 2. The van der Waals surface area contributed by atoms with Crippen molar-refractivity contribution in [2.45, 2.75) is 44.0 Å². The highest BCUT2D eigenvalue weighted by atomic mass is 32.2. The third kappa shape index (κ3) is 4.73. The Morgan fingerprint density at radius 1 is 1.19 bits per heavy atom. The van der Waals surface area contributed by atoms with E-state index in [4.69, 9.17) is 0 Å². The molecule has 1 aromatic heterocycles. The van der Waals surface area contributed by atoms with Gasteiger partial charge in [-0.1, -0.05) is 17.7 Å². The number of nitrogens with zero attached hydrogens (tertiary/aromatic N) is 2. The Morgan fingerprint density at radius 3 is 2.63 bits per heavy atom. The first-order chi connectivity index (χ1) is 12.8. The number of hydrogen-bond acceptors (Lipinski definition) is 5. The molecule has 1 aliphatic rings. The molecule has 0 radical (unpaired) electrons. The van der Waals surface area contributed by atoms with E-state index in [9.17, 15) is 18.0 Å². The molecule has 0 atom stereocenters. The number of urea groups is 1. The molecule has 1 heterocycles. The molecule has 0 saturated heterocycles. The van der Waals surface area contributed by atoms with Gasteiger partial charge < -0.3 is 5.32 Å². The van der Waals surface area contributed by atoms with E-state index in [1.165, 1.54) is 16.8 Å². The molecule has 27 heavy (non-hydrogen) atoms. The smallest absolute Gasteiger partial charge is 0.328 e. The minimum atomic E-state index is -3.94. The maximum absolute atomic E-state index is 12.2. The summed E-state index contributed by atoms with van der Waals surface area (Å²) in [5, 5.41) is 6.80. The van der Waals surface area contributed by atoms with Crippen molar-refractivity contribution in [2.75, 3.05) is 6.54 Å². The Balaban J connectivity index is 1.57. The van der Waals surface area contributed by atoms with Crippen LogP contribution in [0.1, 0.15) is 29.7 Å². The highest BCUT2D eigenvalue weighted by Gasteiger charge is 2.17. The zero-order valence-electron chi connectivity index (χ0n) is 15.1. The topological polar surface area (TPSA) is 110 Å². The summed E-state index contributed by atoms with van der Waals surface area (Å²) >= 11 is 0. The van der Waals surface area contributed by atoms with Crippen molar-refractivity contribution in [3.8, 4) is 0 Å². The minimum Gasteiger partial charge on any atom is -0.335 e. The van der Waals surface area contributed by atoms with Crippen LogP contribution in [0.5, 0.6) is 0 Å². The van der Waals surface area contributed by atoms with Crippen molar-refractivity contribution < 1.29 is 13.2 Å². The second kappa shape index (κ2) is 7.91. The first kappa shape index (κ1) is 19.1. The standard InChI is InChI=1S/C18H22N4O4S/c1-13-6-8-15(9-7-13)27(25,26)21-18(24)19-10-11-22-17(23)12-14-4-2-3-5-16(14)20-22/h6-9,12H,2-5,10-11H2,1H3,(H2,19,21,24). The number of rotatable bonds is 5. The number of benzene rings is 1. The summed E-state index contributed by atoms with van der Waals surface area (Å²) in [7, 11) is -3.94. The van der Waals surface area contributed by atoms with Crippen molar-refractivity contribution in [3.05, 3.63) is 57.5 Å². The zero-order chi connectivity index (χ0) is 19.4. The Morgan fingerprint density at radius 2 is 1.89 bits per heavy atom. The lowest BCUT2D eigenvalue weighted by Gasteiger charge is -2.16. The molecular weight excluding hydrogens is 368 g/mol. The fraction of sp³-hybridized carbons (Fsp3) is 0.389. The quantitative estimate of drug-likeness (QED) is 0.795. The summed E-state index contributed by atoms with van der Waals surface area (Å²) in [6, 6.07) is 6.93. The SMILES string of the molecule is Cc1ccc(S(=O)(=O)NC(=O)NCCn2nc3c(cc2=O)CCCC3)cc1. The van der Waals surface area contributed by atoms with Gasteiger partial charge in [0.1, 0.15) is 0 Å². The van der Waals surface area contributed by atoms with E-state index < -0.39 is 16.1 Å². The van der Waals surface area contributed by atoms with Crippen LogP contribution in [0.15, 0.2) is 40.0 Å². The van der Waals surface area contributed by atoms with Crippen LogP contribution in [-0.2, 0) is 29.4 Å². The third-order valence-electron chi connectivity index (χ3n) is 4.44. The molecular formula is C18H22N4O4S. The van der Waals surface area contributed by atoms with Crippen LogP contribution in [0.2, 0.25) is 0 Å². The maximum Gasteiger partial charge on any atom is 0.328 e. The van der Waals surface area contributed by atoms with E-state index in [2.05, 4.69) is 10.4 Å². The molecule has 1 aliphatic carbocycles. The molecule has 2 N–H and O–H groups in total. The lowest BCUT2D eigenvalue weighted by atomic mass is 9.97. The van der Waals surface area contributed by atoms with Gasteiger partial charge in [0, 0.05) is 12.6 Å². The van der Waals surface area contributed by atoms with Crippen molar-refractivity contribution in [2.24, 2.45) is 0 Å². The Labute approximate surface area is 157 Å². The van der Waals surface area contributed by atoms with Crippen LogP contribution in [-0.4, -0.2) is 30.8 Å². The van der Waals surface area contributed by atoms with Crippen LogP contribution in [0, 0.1) is 6.92 Å². The summed E-state index contributed by atoms with van der Waals surface area (Å²) in [6.07, 6.45) is 3.83. The van der Waals surface area contributed by atoms with Gasteiger partial charge in [-0.05, 0) is 50.3 Å². The van der Waals surface area contributed by atoms with Gasteiger partial charge in [-0.25, -0.2) is 22.6 Å². The van der Waals surface area contributed by atoms with Crippen LogP contribution in [0.25, 0.3) is 0 Å². The second-order valence-corrected chi connectivity index (χ2v) is 8.24. The van der Waals surface area contributed by atoms with Gasteiger partial charge in [-0.15, -0.1) is 0 Å². The average molecular weight is 390 g/mol. The van der Waals surface area contributed by atoms with Crippen molar-refractivity contribution in [1.29, 1.82) is 0 Å². The maximum atomic E-state index is 12.2. The predicted octanol–water partition coefficient (Wildman–Crippen LogP) is 1.12. The highest BCUT2D eigenvalue weighted by Crippen LogP contribution is 2.16. The summed E-state index contributed by atoms with van der Waals surface area (Å²) in [6.45, 7) is 2.10. The number of nitrogens with one attached hydrogen (secondary N) is 2. The van der Waals surface area contributed by atoms with Gasteiger partial charge in [0.2, 0.25) is 0 Å². The molecule has 3 rings (SSSR count). The molecule has 1 aromatic carbocycles. The summed E-state index contributed by atoms with van der Waals surface area (Å²) in [4.78, 5) is 24.0. The van der Waals surface area contributed by atoms with E-state index in [1.807, 2.05) is 11.6 Å². The monoisotopic (exact) mass is 390 g/mol. The van der Waals surface area contributed by atoms with Gasteiger partial charge in [-0.3, -0.25) is 4.79 Å². The number of aromatic nitrogens is 2. The van der Waals surface area contributed by atoms with Gasteiger partial charge in [0.05, 0.1) is 17.1 Å². The van der Waals surface area contributed by atoms with Gasteiger partial charge in [0.15, 0.2) is 0 Å². The van der Waals surface area contributed by atoms with Crippen molar-refractivity contribution in [1.82, 2.24) is 19.8 Å². The Kier molecular flexibility index (Phi) is 5.59. The third-order valence-corrected chi connectivity index (χ3v) is 5.79. The predicted molar refractivity (Wildman–Crippen MR) is 100 cm³/mol. The van der Waals surface area contributed by atoms with Crippen molar-refractivity contribution >= 4 is 16.1 Å². The molecule has 0 bridgehead atoms. The van der Waals surface area contributed by atoms with E-state index in [-0.39, 0.29) is 23.5 Å². The van der Waals surface area contributed by atoms with E-state index >= 15 is 0 Å². The van der Waals surface area contributed by atoms with Crippen LogP contribution in [0.3, 0.4) is 0 Å². The van der Waals surface area contributed by atoms with Crippen LogP contribution in [0.4, 0.5) is 4.79 Å². The number of carbonyl (C=O) groups is 1. The van der Waals surface area contributed by atoms with E-state index in [0.717, 1.165) is 42.5 Å². The molecule has 0 spiro atoms. The molecule has 8 nitrogen and oxygen atoms in total. The first-order valence-corrected chi connectivity index (χ1v) is 10.3. The number of fused-ring (bicyclic) bond motifs is 1. The molecule has 0 saturated carbocycles. The number of carbonyl (C=O) groups excluding carboxylic acids is 1. The van der Waals surface area contributed by atoms with Crippen LogP contribution >= 0.6 is 0 Å². The van der Waals surface area contributed by atoms with Crippen molar-refractivity contribution in [3.63, 3.8) is 0 Å². The second-order valence-electron chi connectivity index (χ2n) is 6.56. The molecule has 2 amide bonds. The van der Waals surface area contributed by atoms with Gasteiger partial charge in [0.25, 0.3) is 15.6 Å².